The van der Waals surface area contributed by atoms with Crippen LogP contribution in [0.25, 0.3) is 0 Å². The number of nitrogens with one attached hydrogen (secondary N) is 1. The molecule has 1 atom stereocenters. The van der Waals surface area contributed by atoms with Gasteiger partial charge in [0.1, 0.15) is 5.54 Å². The van der Waals surface area contributed by atoms with E-state index < -0.39 is 5.54 Å². The topological polar surface area (TPSA) is 95.7 Å². The third-order valence-corrected chi connectivity index (χ3v) is 4.65. The van der Waals surface area contributed by atoms with E-state index in [0.717, 1.165) is 12.8 Å². The van der Waals surface area contributed by atoms with Gasteiger partial charge in [0.2, 0.25) is 5.91 Å². The quantitative estimate of drug-likeness (QED) is 0.715. The number of carbonyl (C=O) groups is 3. The zero-order valence-corrected chi connectivity index (χ0v) is 13.9. The number of urea groups is 1. The van der Waals surface area contributed by atoms with Crippen LogP contribution in [-0.2, 0) is 9.59 Å². The van der Waals surface area contributed by atoms with Gasteiger partial charge in [-0.15, -0.1) is 12.4 Å². The summed E-state index contributed by atoms with van der Waals surface area (Å²) in [6.07, 6.45) is 3.44. The van der Waals surface area contributed by atoms with Crippen molar-refractivity contribution in [1.29, 1.82) is 0 Å². The minimum atomic E-state index is -0.698. The zero-order chi connectivity index (χ0) is 15.6. The van der Waals surface area contributed by atoms with Gasteiger partial charge in [-0.1, -0.05) is 12.8 Å². The first-order chi connectivity index (χ1) is 9.91. The molecule has 1 aliphatic heterocycles. The maximum absolute atomic E-state index is 12.4. The summed E-state index contributed by atoms with van der Waals surface area (Å²) in [5.74, 6) is -0.284. The molecule has 1 saturated carbocycles. The second-order valence-corrected chi connectivity index (χ2v) is 6.02. The first-order valence-corrected chi connectivity index (χ1v) is 7.51. The van der Waals surface area contributed by atoms with Gasteiger partial charge in [0.05, 0.1) is 0 Å². The number of nitrogens with two attached hydrogens (primary N) is 1. The first-order valence-electron chi connectivity index (χ1n) is 7.51. The van der Waals surface area contributed by atoms with Gasteiger partial charge in [0.25, 0.3) is 5.91 Å². The van der Waals surface area contributed by atoms with Crippen molar-refractivity contribution in [3.8, 4) is 0 Å². The highest BCUT2D eigenvalue weighted by Gasteiger charge is 2.52. The number of halogens is 1. The molecule has 7 nitrogen and oxygen atoms in total. The molecule has 22 heavy (non-hydrogen) atoms. The fourth-order valence-corrected chi connectivity index (χ4v) is 2.98. The van der Waals surface area contributed by atoms with Gasteiger partial charge in [-0.05, 0) is 19.8 Å². The largest absolute Gasteiger partial charge is 0.342 e. The van der Waals surface area contributed by atoms with Crippen molar-refractivity contribution < 1.29 is 14.4 Å². The van der Waals surface area contributed by atoms with Crippen LogP contribution in [0, 0.1) is 0 Å². The summed E-state index contributed by atoms with van der Waals surface area (Å²) < 4.78 is 0. The van der Waals surface area contributed by atoms with E-state index in [0.29, 0.717) is 19.4 Å². The molecular weight excluding hydrogens is 308 g/mol. The summed E-state index contributed by atoms with van der Waals surface area (Å²) in [5, 5.41) is 2.81. The predicted octanol–water partition coefficient (Wildman–Crippen LogP) is 0.469. The number of amides is 4. The molecule has 0 aromatic heterocycles. The Morgan fingerprint density at radius 2 is 2.00 bits per heavy atom. The van der Waals surface area contributed by atoms with Gasteiger partial charge in [-0.3, -0.25) is 14.5 Å². The van der Waals surface area contributed by atoms with Gasteiger partial charge >= 0.3 is 6.03 Å². The van der Waals surface area contributed by atoms with Crippen molar-refractivity contribution in [2.45, 2.75) is 50.6 Å². The van der Waals surface area contributed by atoms with Crippen molar-refractivity contribution in [1.82, 2.24) is 15.1 Å². The first kappa shape index (κ1) is 18.7. The Bertz CT molecular complexity index is 451. The summed E-state index contributed by atoms with van der Waals surface area (Å²) in [7, 11) is 1.68. The summed E-state index contributed by atoms with van der Waals surface area (Å²) >= 11 is 0. The monoisotopic (exact) mass is 332 g/mol. The summed E-state index contributed by atoms with van der Waals surface area (Å²) in [5.41, 5.74) is 4.83. The van der Waals surface area contributed by atoms with Crippen LogP contribution in [0.4, 0.5) is 4.79 Å². The molecule has 8 heteroatoms. The number of imide groups is 1. The molecule has 1 saturated heterocycles. The summed E-state index contributed by atoms with van der Waals surface area (Å²) in [6, 6.07) is -0.425. The van der Waals surface area contributed by atoms with Crippen LogP contribution in [0.15, 0.2) is 0 Å². The van der Waals surface area contributed by atoms with Gasteiger partial charge in [0, 0.05) is 32.6 Å². The molecule has 1 spiro atoms. The lowest BCUT2D eigenvalue weighted by atomic mass is 9.98. The van der Waals surface area contributed by atoms with E-state index in [1.54, 1.807) is 11.9 Å². The number of rotatable bonds is 5. The van der Waals surface area contributed by atoms with Gasteiger partial charge in [-0.2, -0.15) is 0 Å². The van der Waals surface area contributed by atoms with Crippen LogP contribution in [-0.4, -0.2) is 59.4 Å². The third-order valence-electron chi connectivity index (χ3n) is 4.65. The van der Waals surface area contributed by atoms with Crippen molar-refractivity contribution in [3.63, 3.8) is 0 Å². The van der Waals surface area contributed by atoms with Crippen molar-refractivity contribution in [2.24, 2.45) is 5.73 Å². The van der Waals surface area contributed by atoms with Crippen molar-refractivity contribution >= 4 is 30.3 Å². The lowest BCUT2D eigenvalue weighted by Crippen LogP contribution is -2.44. The SMILES string of the molecule is CC(CN)N(C)C(=O)CCN1C(=O)NC2(CCCC2)C1=O.Cl. The minimum Gasteiger partial charge on any atom is -0.342 e. The summed E-state index contributed by atoms with van der Waals surface area (Å²) in [4.78, 5) is 39.1. The Hall–Kier alpha value is -1.34. The number of nitrogens with zero attached hydrogens (tertiary/aromatic N) is 2. The minimum absolute atomic E-state index is 0. The molecule has 0 aromatic carbocycles. The third kappa shape index (κ3) is 3.35. The molecule has 0 radical (unpaired) electrons. The molecule has 0 aromatic rings. The average Bonchev–Trinajstić information content (AvgIpc) is 3.02. The molecule has 2 fully saturated rings. The second-order valence-electron chi connectivity index (χ2n) is 6.02. The normalized spacial score (nSPS) is 20.8. The molecule has 2 aliphatic rings. The van der Waals surface area contributed by atoms with Crippen LogP contribution in [0.2, 0.25) is 0 Å². The van der Waals surface area contributed by atoms with E-state index in [4.69, 9.17) is 5.73 Å². The zero-order valence-electron chi connectivity index (χ0n) is 13.1. The number of likely N-dealkylation sites (N-methyl/N-ethyl adjacent to an activating group) is 1. The molecule has 0 bridgehead atoms. The molecule has 1 unspecified atom stereocenters. The maximum atomic E-state index is 12.4. The highest BCUT2D eigenvalue weighted by molar-refractivity contribution is 6.07. The molecular formula is C14H25ClN4O3. The van der Waals surface area contributed by atoms with E-state index in [2.05, 4.69) is 5.32 Å². The Morgan fingerprint density at radius 3 is 2.55 bits per heavy atom. The molecule has 126 valence electrons. The van der Waals surface area contributed by atoms with Gasteiger partial charge < -0.3 is 16.0 Å². The van der Waals surface area contributed by atoms with Gasteiger partial charge in [-0.25, -0.2) is 4.79 Å². The number of hydrogen-bond acceptors (Lipinski definition) is 4. The van der Waals surface area contributed by atoms with E-state index >= 15 is 0 Å². The van der Waals surface area contributed by atoms with Crippen LogP contribution in [0.1, 0.15) is 39.0 Å². The molecule has 3 N–H and O–H groups in total. The lowest BCUT2D eigenvalue weighted by molar-refractivity contribution is -0.133. The van der Waals surface area contributed by atoms with E-state index in [-0.39, 0.29) is 49.3 Å². The van der Waals surface area contributed by atoms with E-state index in [1.807, 2.05) is 6.92 Å². The molecule has 4 amide bonds. The molecule has 1 aliphatic carbocycles. The van der Waals surface area contributed by atoms with Crippen LogP contribution < -0.4 is 11.1 Å². The average molecular weight is 333 g/mol. The van der Waals surface area contributed by atoms with Crippen LogP contribution >= 0.6 is 12.4 Å². The van der Waals surface area contributed by atoms with Crippen molar-refractivity contribution in [3.05, 3.63) is 0 Å². The fourth-order valence-electron chi connectivity index (χ4n) is 2.98. The van der Waals surface area contributed by atoms with Gasteiger partial charge in [0.15, 0.2) is 0 Å². The Labute approximate surface area is 137 Å². The lowest BCUT2D eigenvalue weighted by Gasteiger charge is -2.24. The highest BCUT2D eigenvalue weighted by atomic mass is 35.5. The Balaban J connectivity index is 0.00000242. The molecule has 1 heterocycles. The number of hydrogen-bond donors (Lipinski definition) is 2. The number of carbonyl (C=O) groups excluding carboxylic acids is 3. The highest BCUT2D eigenvalue weighted by Crippen LogP contribution is 2.35. The Morgan fingerprint density at radius 1 is 1.41 bits per heavy atom. The maximum Gasteiger partial charge on any atom is 0.325 e. The summed E-state index contributed by atoms with van der Waals surface area (Å²) in [6.45, 7) is 2.38. The van der Waals surface area contributed by atoms with E-state index in [9.17, 15) is 14.4 Å². The predicted molar refractivity (Wildman–Crippen MR) is 84.6 cm³/mol. The standard InChI is InChI=1S/C14H24N4O3.ClH/c1-10(9-15)17(2)11(19)5-8-18-12(20)14(16-13(18)21)6-3-4-7-14;/h10H,3-9,15H2,1-2H3,(H,16,21);1H. The Kier molecular flexibility index (Phi) is 6.19. The second kappa shape index (κ2) is 7.28. The fraction of sp³-hybridized carbons (Fsp3) is 0.786. The van der Waals surface area contributed by atoms with Crippen molar-refractivity contribution in [2.75, 3.05) is 20.1 Å². The van der Waals surface area contributed by atoms with E-state index in [1.165, 1.54) is 4.90 Å². The molecule has 2 rings (SSSR count). The van der Waals surface area contributed by atoms with Crippen LogP contribution in [0.5, 0.6) is 0 Å². The smallest absolute Gasteiger partial charge is 0.325 e. The van der Waals surface area contributed by atoms with Crippen LogP contribution in [0.3, 0.4) is 0 Å².